The van der Waals surface area contributed by atoms with Gasteiger partial charge in [-0.25, -0.2) is 8.42 Å². The molecular weight excluding hydrogens is 550 g/mol. The third-order valence-corrected chi connectivity index (χ3v) is 9.04. The Labute approximate surface area is 250 Å². The summed E-state index contributed by atoms with van der Waals surface area (Å²) in [5.74, 6) is 0.152. The molecule has 1 atom stereocenters. The molecule has 0 aromatic heterocycles. The van der Waals surface area contributed by atoms with Gasteiger partial charge in [0, 0.05) is 13.1 Å². The van der Waals surface area contributed by atoms with Crippen molar-refractivity contribution in [3.63, 3.8) is 0 Å². The summed E-state index contributed by atoms with van der Waals surface area (Å²) < 4.78 is 34.5. The summed E-state index contributed by atoms with van der Waals surface area (Å²) in [6.45, 7) is 11.7. The Bertz CT molecular complexity index is 1470. The van der Waals surface area contributed by atoms with E-state index in [9.17, 15) is 18.0 Å². The van der Waals surface area contributed by atoms with Gasteiger partial charge in [0.05, 0.1) is 17.7 Å². The molecule has 0 aliphatic heterocycles. The monoisotopic (exact) mass is 593 g/mol. The van der Waals surface area contributed by atoms with Crippen LogP contribution in [0.25, 0.3) is 0 Å². The smallest absolute Gasteiger partial charge is 0.264 e. The molecule has 8 nitrogen and oxygen atoms in total. The number of carbonyl (C=O) groups is 2. The number of sulfonamides is 1. The van der Waals surface area contributed by atoms with Gasteiger partial charge in [0.1, 0.15) is 18.3 Å². The fourth-order valence-electron chi connectivity index (χ4n) is 4.52. The van der Waals surface area contributed by atoms with Crippen molar-refractivity contribution in [2.75, 3.05) is 24.5 Å². The summed E-state index contributed by atoms with van der Waals surface area (Å²) in [6.07, 6.45) is 0.361. The maximum Gasteiger partial charge on any atom is 0.264 e. The van der Waals surface area contributed by atoms with Crippen molar-refractivity contribution in [3.05, 3.63) is 89.0 Å². The number of ether oxygens (including phenoxy) is 1. The fourth-order valence-corrected chi connectivity index (χ4v) is 5.92. The third kappa shape index (κ3) is 8.12. The van der Waals surface area contributed by atoms with Crippen LogP contribution < -0.4 is 14.4 Å². The first-order valence-corrected chi connectivity index (χ1v) is 15.7. The van der Waals surface area contributed by atoms with Crippen LogP contribution in [0.15, 0.2) is 71.6 Å². The number of nitrogens with one attached hydrogen (secondary N) is 1. The van der Waals surface area contributed by atoms with Crippen molar-refractivity contribution < 1.29 is 22.7 Å². The van der Waals surface area contributed by atoms with Gasteiger partial charge in [-0.3, -0.25) is 13.9 Å². The number of aryl methyl sites for hydroxylation is 3. The van der Waals surface area contributed by atoms with Crippen molar-refractivity contribution >= 4 is 27.5 Å². The lowest BCUT2D eigenvalue weighted by atomic mass is 10.1. The minimum Gasteiger partial charge on any atom is -0.497 e. The van der Waals surface area contributed by atoms with Crippen molar-refractivity contribution in [3.8, 4) is 5.75 Å². The number of hydrogen-bond donors (Lipinski definition) is 1. The van der Waals surface area contributed by atoms with Crippen LogP contribution in [0.5, 0.6) is 5.75 Å². The van der Waals surface area contributed by atoms with Crippen molar-refractivity contribution in [2.24, 2.45) is 5.92 Å². The standard InChI is InChI=1S/C33H43N3O5S/c1-8-31(33(38)34-20-23(2)3)35(21-27-12-15-29(41-7)16-13-27)32(37)22-36(28-14-11-25(5)26(6)19-28)42(39,40)30-17-9-24(4)10-18-30/h9-19,23,31H,8,20-22H2,1-7H3,(H,34,38)/t31-/m1/s1. The number of anilines is 1. The van der Waals surface area contributed by atoms with Crippen LogP contribution in [0.3, 0.4) is 0 Å². The van der Waals surface area contributed by atoms with Crippen molar-refractivity contribution in [1.29, 1.82) is 0 Å². The Hall–Kier alpha value is -3.85. The zero-order chi connectivity index (χ0) is 31.0. The summed E-state index contributed by atoms with van der Waals surface area (Å²) >= 11 is 0. The molecule has 9 heteroatoms. The van der Waals surface area contributed by atoms with E-state index in [0.717, 1.165) is 26.6 Å². The molecule has 0 heterocycles. The SMILES string of the molecule is CC[C@H](C(=O)NCC(C)C)N(Cc1ccc(OC)cc1)C(=O)CN(c1ccc(C)c(C)c1)S(=O)(=O)c1ccc(C)cc1. The van der Waals surface area contributed by atoms with E-state index in [2.05, 4.69) is 5.32 Å². The first-order chi connectivity index (χ1) is 19.9. The average Bonchev–Trinajstić information content (AvgIpc) is 2.96. The van der Waals surface area contributed by atoms with E-state index in [1.165, 1.54) is 4.90 Å². The lowest BCUT2D eigenvalue weighted by Crippen LogP contribution is -2.52. The highest BCUT2D eigenvalue weighted by Crippen LogP contribution is 2.27. The summed E-state index contributed by atoms with van der Waals surface area (Å²) in [5, 5.41) is 2.95. The second-order valence-electron chi connectivity index (χ2n) is 11.0. The zero-order valence-electron chi connectivity index (χ0n) is 25.7. The second kappa shape index (κ2) is 14.4. The Morgan fingerprint density at radius 3 is 2.10 bits per heavy atom. The van der Waals surface area contributed by atoms with E-state index in [-0.39, 0.29) is 23.3 Å². The van der Waals surface area contributed by atoms with Crippen LogP contribution in [0, 0.1) is 26.7 Å². The van der Waals surface area contributed by atoms with Crippen LogP contribution in [0.1, 0.15) is 49.4 Å². The number of rotatable bonds is 13. The Morgan fingerprint density at radius 2 is 1.55 bits per heavy atom. The normalized spacial score (nSPS) is 12.1. The molecule has 0 unspecified atom stereocenters. The molecule has 0 radical (unpaired) electrons. The lowest BCUT2D eigenvalue weighted by Gasteiger charge is -2.33. The largest absolute Gasteiger partial charge is 0.497 e. The molecule has 0 aliphatic rings. The lowest BCUT2D eigenvalue weighted by molar-refractivity contribution is -0.140. The van der Waals surface area contributed by atoms with E-state index in [1.807, 2.05) is 59.7 Å². The molecule has 42 heavy (non-hydrogen) atoms. The van der Waals surface area contributed by atoms with E-state index in [1.54, 1.807) is 55.6 Å². The highest BCUT2D eigenvalue weighted by molar-refractivity contribution is 7.92. The Kier molecular flexibility index (Phi) is 11.2. The first-order valence-electron chi connectivity index (χ1n) is 14.2. The number of hydrogen-bond acceptors (Lipinski definition) is 5. The predicted octanol–water partition coefficient (Wildman–Crippen LogP) is 5.40. The van der Waals surface area contributed by atoms with Gasteiger partial charge in [-0.05, 0) is 86.2 Å². The van der Waals surface area contributed by atoms with Gasteiger partial charge in [-0.2, -0.15) is 0 Å². The summed E-state index contributed by atoms with van der Waals surface area (Å²) in [5.41, 5.74) is 4.00. The van der Waals surface area contributed by atoms with Gasteiger partial charge in [0.2, 0.25) is 11.8 Å². The van der Waals surface area contributed by atoms with Crippen LogP contribution in [0.4, 0.5) is 5.69 Å². The molecule has 0 saturated carbocycles. The van der Waals surface area contributed by atoms with E-state index < -0.39 is 28.5 Å². The molecule has 3 aromatic rings. The highest BCUT2D eigenvalue weighted by Gasteiger charge is 2.33. The molecular formula is C33H43N3O5S. The maximum atomic E-state index is 14.2. The van der Waals surface area contributed by atoms with E-state index in [0.29, 0.717) is 24.4 Å². The molecule has 0 saturated heterocycles. The first kappa shape index (κ1) is 32.7. The molecule has 0 aliphatic carbocycles. The van der Waals surface area contributed by atoms with Crippen LogP contribution in [-0.4, -0.2) is 51.4 Å². The number of carbonyl (C=O) groups excluding carboxylic acids is 2. The summed E-state index contributed by atoms with van der Waals surface area (Å²) in [7, 11) is -2.54. The van der Waals surface area contributed by atoms with Crippen LogP contribution in [-0.2, 0) is 26.2 Å². The second-order valence-corrected chi connectivity index (χ2v) is 12.9. The number of benzene rings is 3. The van der Waals surface area contributed by atoms with Crippen LogP contribution in [0.2, 0.25) is 0 Å². The molecule has 3 aromatic carbocycles. The zero-order valence-corrected chi connectivity index (χ0v) is 26.5. The minimum absolute atomic E-state index is 0.0857. The van der Waals surface area contributed by atoms with Gasteiger partial charge in [0.25, 0.3) is 10.0 Å². The van der Waals surface area contributed by atoms with Gasteiger partial charge < -0.3 is 15.0 Å². The fraction of sp³-hybridized carbons (Fsp3) is 0.394. The predicted molar refractivity (Wildman–Crippen MR) is 167 cm³/mol. The van der Waals surface area contributed by atoms with Crippen LogP contribution >= 0.6 is 0 Å². The Balaban J connectivity index is 2.06. The molecule has 1 N–H and O–H groups in total. The van der Waals surface area contributed by atoms with Crippen molar-refractivity contribution in [2.45, 2.75) is 65.4 Å². The number of methoxy groups -OCH3 is 1. The topological polar surface area (TPSA) is 96.0 Å². The number of amides is 2. The molecule has 2 amide bonds. The molecule has 0 fully saturated rings. The molecule has 226 valence electrons. The van der Waals surface area contributed by atoms with E-state index >= 15 is 0 Å². The third-order valence-electron chi connectivity index (χ3n) is 7.25. The van der Waals surface area contributed by atoms with E-state index in [4.69, 9.17) is 4.74 Å². The van der Waals surface area contributed by atoms with Crippen molar-refractivity contribution in [1.82, 2.24) is 10.2 Å². The van der Waals surface area contributed by atoms with Gasteiger partial charge in [0.15, 0.2) is 0 Å². The highest BCUT2D eigenvalue weighted by atomic mass is 32.2. The van der Waals surface area contributed by atoms with Gasteiger partial charge in [-0.15, -0.1) is 0 Å². The molecule has 0 bridgehead atoms. The summed E-state index contributed by atoms with van der Waals surface area (Å²) in [6, 6.07) is 18.4. The Morgan fingerprint density at radius 1 is 0.905 bits per heavy atom. The average molecular weight is 594 g/mol. The van der Waals surface area contributed by atoms with Gasteiger partial charge >= 0.3 is 0 Å². The summed E-state index contributed by atoms with van der Waals surface area (Å²) in [4.78, 5) is 29.1. The molecule has 0 spiro atoms. The minimum atomic E-state index is -4.12. The maximum absolute atomic E-state index is 14.2. The van der Waals surface area contributed by atoms with Gasteiger partial charge in [-0.1, -0.05) is 56.7 Å². The quantitative estimate of drug-likeness (QED) is 0.287. The molecule has 3 rings (SSSR count). The number of nitrogens with zero attached hydrogens (tertiary/aromatic N) is 2.